The highest BCUT2D eigenvalue weighted by Crippen LogP contribution is 2.46. The molecule has 534 valence electrons. The Hall–Kier alpha value is -13.2. The average Bonchev–Trinajstić information content (AvgIpc) is 1.54. The number of nitrogens with zero attached hydrogens (tertiary/aromatic N) is 6. The second kappa shape index (κ2) is 26.5. The Morgan fingerprint density at radius 2 is 0.411 bits per heavy atom. The van der Waals surface area contributed by atoms with Gasteiger partial charge in [-0.25, -0.2) is 0 Å². The van der Waals surface area contributed by atoms with Gasteiger partial charge in [0.15, 0.2) is 0 Å². The van der Waals surface area contributed by atoms with Crippen LogP contribution in [0.4, 0.5) is 0 Å². The maximum atomic E-state index is 6.19. The first kappa shape index (κ1) is 66.9. The van der Waals surface area contributed by atoms with Crippen molar-refractivity contribution in [1.82, 2.24) is 27.4 Å². The van der Waals surface area contributed by atoms with E-state index in [-0.39, 0.29) is 18.3 Å². The van der Waals surface area contributed by atoms with E-state index in [0.29, 0.717) is 0 Å². The summed E-state index contributed by atoms with van der Waals surface area (Å²) in [6.45, 7) is 8.33. The standard InChI is InChI=1S/C48H31N3.C30H19BrN2.C24H24BNO2/c1-2-12-34(13-3-1)50-45-20-10-6-16-39(45)41-30-31-42-40-17-7-11-21-46(40)51(48(42)47(41)50)36-28-24-33(25-29-36)32-22-26-35(27-23-32)49-43-18-8-4-14-37(43)38-15-5-9-19-44(38)49;31-20-14-16-22(17-15-20)33-28-13-7-5-11-24(28)26-19-18-25-23-10-4-6-12-27(23)32(29(25)30(26)33)21-8-2-1-3-9-21;1-23(2)24(3,4)28-25(27-23)17-13-15-18(16-14-17)26-21-11-7-5-9-19(21)20-10-6-8-12-22(20)26/h1-31H;1-19H;5-16H,1-4H3. The van der Waals surface area contributed by atoms with Crippen molar-refractivity contribution in [3.63, 3.8) is 0 Å². The molecule has 0 atom stereocenters. The van der Waals surface area contributed by atoms with E-state index < -0.39 is 0 Å². The van der Waals surface area contributed by atoms with Gasteiger partial charge in [-0.3, -0.25) is 0 Å². The monoisotopic (exact) mass is 1500 g/mol. The van der Waals surface area contributed by atoms with Crippen LogP contribution in [0.3, 0.4) is 0 Å². The van der Waals surface area contributed by atoms with Crippen molar-refractivity contribution in [2.24, 2.45) is 0 Å². The van der Waals surface area contributed by atoms with Gasteiger partial charge in [0.05, 0.1) is 77.4 Å². The molecule has 0 saturated carbocycles. The third-order valence-corrected chi connectivity index (χ3v) is 24.0. The summed E-state index contributed by atoms with van der Waals surface area (Å²) in [5, 5.41) is 15.2. The molecule has 0 radical (unpaired) electrons. The van der Waals surface area contributed by atoms with Gasteiger partial charge in [0, 0.05) is 103 Å². The van der Waals surface area contributed by atoms with Crippen LogP contribution in [0.15, 0.2) is 381 Å². The van der Waals surface area contributed by atoms with Gasteiger partial charge in [0.25, 0.3) is 0 Å². The average molecular weight is 1510 g/mol. The summed E-state index contributed by atoms with van der Waals surface area (Å²) in [5.41, 5.74) is 24.3. The molecule has 0 N–H and O–H groups in total. The largest absolute Gasteiger partial charge is 0.494 e. The first-order valence-corrected chi connectivity index (χ1v) is 39.2. The Bertz CT molecular complexity index is 7310. The molecule has 16 aromatic carbocycles. The Morgan fingerprint density at radius 1 is 0.205 bits per heavy atom. The molecule has 0 amide bonds. The van der Waals surface area contributed by atoms with Crippen LogP contribution < -0.4 is 5.46 Å². The number of aromatic nitrogens is 6. The maximum absolute atomic E-state index is 6.19. The van der Waals surface area contributed by atoms with Crippen LogP contribution in [0.5, 0.6) is 0 Å². The molecule has 10 heteroatoms. The summed E-state index contributed by atoms with van der Waals surface area (Å²) in [6.07, 6.45) is 0. The number of halogens is 1. The molecule has 1 aliphatic heterocycles. The fourth-order valence-electron chi connectivity index (χ4n) is 17.6. The molecular formula is C102H74BBrN6O2. The minimum absolute atomic E-state index is 0.330. The Morgan fingerprint density at radius 3 is 0.688 bits per heavy atom. The zero-order valence-electron chi connectivity index (χ0n) is 62.3. The fraction of sp³-hybridized carbons (Fsp3) is 0.0588. The number of hydrogen-bond acceptors (Lipinski definition) is 2. The highest BCUT2D eigenvalue weighted by Gasteiger charge is 2.51. The van der Waals surface area contributed by atoms with Crippen LogP contribution in [-0.2, 0) is 9.31 Å². The van der Waals surface area contributed by atoms with Crippen molar-refractivity contribution in [3.8, 4) is 45.3 Å². The Kier molecular flexibility index (Phi) is 15.9. The Labute approximate surface area is 656 Å². The van der Waals surface area contributed by atoms with Crippen molar-refractivity contribution in [2.75, 3.05) is 0 Å². The number of hydrogen-bond donors (Lipinski definition) is 0. The summed E-state index contributed by atoms with van der Waals surface area (Å²) < 4.78 is 27.9. The van der Waals surface area contributed by atoms with E-state index in [1.165, 1.54) is 148 Å². The first-order chi connectivity index (χ1) is 55.0. The highest BCUT2D eigenvalue weighted by molar-refractivity contribution is 9.10. The normalized spacial score (nSPS) is 13.5. The second-order valence-electron chi connectivity index (χ2n) is 30.3. The van der Waals surface area contributed by atoms with Gasteiger partial charge in [0.2, 0.25) is 0 Å². The van der Waals surface area contributed by atoms with Gasteiger partial charge in [-0.05, 0) is 178 Å². The van der Waals surface area contributed by atoms with Gasteiger partial charge in [0.1, 0.15) is 0 Å². The van der Waals surface area contributed by atoms with Crippen molar-refractivity contribution in [2.45, 2.75) is 38.9 Å². The molecule has 0 unspecified atom stereocenters. The lowest BCUT2D eigenvalue weighted by Crippen LogP contribution is -2.41. The van der Waals surface area contributed by atoms with E-state index in [9.17, 15) is 0 Å². The minimum Gasteiger partial charge on any atom is -0.399 e. The van der Waals surface area contributed by atoms with E-state index >= 15 is 0 Å². The van der Waals surface area contributed by atoms with Gasteiger partial charge < -0.3 is 36.7 Å². The lowest BCUT2D eigenvalue weighted by Gasteiger charge is -2.32. The van der Waals surface area contributed by atoms with E-state index in [2.05, 4.69) is 447 Å². The molecular weight excluding hydrogens is 1430 g/mol. The molecule has 0 bridgehead atoms. The molecule has 1 saturated heterocycles. The molecule has 1 aliphatic rings. The maximum Gasteiger partial charge on any atom is 0.494 e. The van der Waals surface area contributed by atoms with Crippen LogP contribution in [0, 0.1) is 0 Å². The van der Waals surface area contributed by atoms with Crippen molar-refractivity contribution < 1.29 is 9.31 Å². The number of benzene rings is 16. The molecule has 23 rings (SSSR count). The van der Waals surface area contributed by atoms with Gasteiger partial charge in [-0.1, -0.05) is 259 Å². The smallest absolute Gasteiger partial charge is 0.399 e. The van der Waals surface area contributed by atoms with E-state index in [0.717, 1.165) is 38.4 Å². The van der Waals surface area contributed by atoms with E-state index in [4.69, 9.17) is 9.31 Å². The van der Waals surface area contributed by atoms with Crippen LogP contribution in [0.1, 0.15) is 27.7 Å². The third kappa shape index (κ3) is 10.7. The van der Waals surface area contributed by atoms with Crippen molar-refractivity contribution in [1.29, 1.82) is 0 Å². The van der Waals surface area contributed by atoms with Crippen molar-refractivity contribution >= 4 is 159 Å². The third-order valence-electron chi connectivity index (χ3n) is 23.5. The summed E-state index contributed by atoms with van der Waals surface area (Å²) >= 11 is 3.60. The summed E-state index contributed by atoms with van der Waals surface area (Å²) in [5.74, 6) is 0. The van der Waals surface area contributed by atoms with Crippen LogP contribution >= 0.6 is 15.9 Å². The zero-order chi connectivity index (χ0) is 74.9. The van der Waals surface area contributed by atoms with Crippen molar-refractivity contribution in [3.05, 3.63) is 381 Å². The van der Waals surface area contributed by atoms with E-state index in [1.54, 1.807) is 0 Å². The van der Waals surface area contributed by atoms with Crippen LogP contribution in [0.2, 0.25) is 0 Å². The van der Waals surface area contributed by atoms with Gasteiger partial charge >= 0.3 is 7.12 Å². The molecule has 7 heterocycles. The molecule has 22 aromatic rings. The minimum atomic E-state index is -0.336. The number of para-hydroxylation sites is 10. The van der Waals surface area contributed by atoms with Gasteiger partial charge in [-0.2, -0.15) is 0 Å². The lowest BCUT2D eigenvalue weighted by molar-refractivity contribution is 0.00578. The highest BCUT2D eigenvalue weighted by atomic mass is 79.9. The quantitative estimate of drug-likeness (QED) is 0.142. The lowest BCUT2D eigenvalue weighted by atomic mass is 9.79. The molecule has 0 spiro atoms. The van der Waals surface area contributed by atoms with E-state index in [1.807, 2.05) is 0 Å². The summed E-state index contributed by atoms with van der Waals surface area (Å²) in [6, 6.07) is 135. The molecule has 1 fully saturated rings. The number of fused-ring (bicyclic) bond motifs is 20. The molecule has 8 nitrogen and oxygen atoms in total. The molecule has 0 aliphatic carbocycles. The second-order valence-corrected chi connectivity index (χ2v) is 31.2. The first-order valence-electron chi connectivity index (χ1n) is 38.4. The predicted octanol–water partition coefficient (Wildman–Crippen LogP) is 26.4. The summed E-state index contributed by atoms with van der Waals surface area (Å²) in [4.78, 5) is 0. The summed E-state index contributed by atoms with van der Waals surface area (Å²) in [7, 11) is -0.336. The van der Waals surface area contributed by atoms with Crippen LogP contribution in [0.25, 0.3) is 176 Å². The predicted molar refractivity (Wildman–Crippen MR) is 474 cm³/mol. The van der Waals surface area contributed by atoms with Gasteiger partial charge in [-0.15, -0.1) is 0 Å². The van der Waals surface area contributed by atoms with Crippen LogP contribution in [-0.4, -0.2) is 45.7 Å². The SMILES string of the molecule is Brc1ccc(-n2c3ccccc3c3ccc4c5ccccc5n(-c5ccccc5)c4c32)cc1.CC1(C)OB(c2ccc(-n3c4ccccc4c4ccccc43)cc2)OC1(C)C.c1ccc(-n2c3ccccc3c3ccc4c5ccccc5n(-c5ccc(-c6ccc(-n7c8ccccc8c8ccccc87)cc6)cc5)c4c32)cc1. The zero-order valence-corrected chi connectivity index (χ0v) is 63.8. The molecule has 6 aromatic heterocycles. The topological polar surface area (TPSA) is 48.0 Å². The Balaban J connectivity index is 0.000000112. The fourth-order valence-corrected chi connectivity index (χ4v) is 17.8. The number of rotatable bonds is 8. The molecule has 112 heavy (non-hydrogen) atoms.